The Morgan fingerprint density at radius 1 is 0.694 bits per heavy atom. The SMILES string of the molecule is C=CCOC(=O)/C(C#N)=c1/s/c(=C/c2sc(-c3sc(-c4sc(-c5ccc6c(c5)C5CCCC5N6c5ccc(C=C(c6ccccc6)c6ccccc6)cc5)cc4CCCCCC)cc3CCCCCC)cc2CCCCCC)c(=O)n1CC(=O)O. The van der Waals surface area contributed by atoms with Crippen LogP contribution in [0.4, 0.5) is 11.4 Å². The Hall–Kier alpha value is -7.14. The Morgan fingerprint density at radius 2 is 1.28 bits per heavy atom. The summed E-state index contributed by atoms with van der Waals surface area (Å²) in [6.45, 7) is 9.50. The van der Waals surface area contributed by atoms with Gasteiger partial charge in [0.1, 0.15) is 23.9 Å². The number of anilines is 2. The van der Waals surface area contributed by atoms with Crippen LogP contribution >= 0.6 is 45.3 Å². The van der Waals surface area contributed by atoms with E-state index in [4.69, 9.17) is 4.74 Å². The van der Waals surface area contributed by atoms with E-state index >= 15 is 0 Å². The maximum atomic E-state index is 14.2. The van der Waals surface area contributed by atoms with Gasteiger partial charge in [0.05, 0.1) is 4.53 Å². The second-order valence-electron chi connectivity index (χ2n) is 22.6. The third kappa shape index (κ3) is 14.2. The number of benzene rings is 4. The summed E-state index contributed by atoms with van der Waals surface area (Å²) in [5, 5.41) is 20.1. The lowest BCUT2D eigenvalue weighted by atomic mass is 9.95. The van der Waals surface area contributed by atoms with Crippen molar-refractivity contribution in [1.82, 2.24) is 4.57 Å². The number of thiazole rings is 1. The number of carboxylic acid groups (broad SMARTS) is 1. The fourth-order valence-electron chi connectivity index (χ4n) is 12.3. The van der Waals surface area contributed by atoms with Gasteiger partial charge >= 0.3 is 11.9 Å². The van der Waals surface area contributed by atoms with E-state index in [0.717, 1.165) is 102 Å². The van der Waals surface area contributed by atoms with Gasteiger partial charge in [-0.25, -0.2) is 4.79 Å². The number of aliphatic carboxylic acids is 1. The summed E-state index contributed by atoms with van der Waals surface area (Å²) >= 11 is 6.46. The van der Waals surface area contributed by atoms with Gasteiger partial charge in [-0.05, 0) is 156 Å². The molecule has 1 saturated carbocycles. The van der Waals surface area contributed by atoms with Gasteiger partial charge in [0.2, 0.25) is 0 Å². The average Bonchev–Trinajstić information content (AvgIpc) is 2.29. The Bertz CT molecular complexity index is 3850. The van der Waals surface area contributed by atoms with E-state index in [1.54, 1.807) is 11.3 Å². The predicted molar refractivity (Wildman–Crippen MR) is 358 cm³/mol. The van der Waals surface area contributed by atoms with Crippen LogP contribution in [-0.4, -0.2) is 34.3 Å². The van der Waals surface area contributed by atoms with Crippen LogP contribution in [0.15, 0.2) is 139 Å². The number of nitriles is 1. The zero-order chi connectivity index (χ0) is 59.2. The van der Waals surface area contributed by atoms with Crippen molar-refractivity contribution in [2.24, 2.45) is 0 Å². The summed E-state index contributed by atoms with van der Waals surface area (Å²) in [6, 6.07) is 47.5. The van der Waals surface area contributed by atoms with E-state index in [1.807, 2.05) is 34.8 Å². The molecule has 8 nitrogen and oxygen atoms in total. The summed E-state index contributed by atoms with van der Waals surface area (Å²) in [5.41, 5.74) is 13.1. The summed E-state index contributed by atoms with van der Waals surface area (Å²) in [5.74, 6) is -1.71. The number of carbonyl (C=O) groups excluding carboxylic acids is 1. The number of nitrogens with zero attached hydrogens (tertiary/aromatic N) is 3. The summed E-state index contributed by atoms with van der Waals surface area (Å²) < 4.78 is 6.43. The molecule has 1 N–H and O–H groups in total. The number of esters is 1. The molecular weight excluding hydrogens is 1130 g/mol. The third-order valence-electron chi connectivity index (χ3n) is 16.6. The third-order valence-corrected chi connectivity index (χ3v) is 21.6. The predicted octanol–water partition coefficient (Wildman–Crippen LogP) is 18.2. The number of hydrogen-bond acceptors (Lipinski definition) is 10. The molecule has 5 heterocycles. The van der Waals surface area contributed by atoms with Crippen molar-refractivity contribution in [2.75, 3.05) is 11.5 Å². The highest BCUT2D eigenvalue weighted by molar-refractivity contribution is 7.27. The van der Waals surface area contributed by atoms with Crippen LogP contribution in [0.5, 0.6) is 0 Å². The normalized spacial score (nSPS) is 14.9. The number of fused-ring (bicyclic) bond motifs is 3. The van der Waals surface area contributed by atoms with Gasteiger partial charge in [-0.3, -0.25) is 14.2 Å². The fourth-order valence-corrected chi connectivity index (χ4v) is 17.3. The van der Waals surface area contributed by atoms with E-state index in [2.05, 4.69) is 160 Å². The van der Waals surface area contributed by atoms with Crippen LogP contribution < -0.4 is 19.7 Å². The highest BCUT2D eigenvalue weighted by Crippen LogP contribution is 2.54. The van der Waals surface area contributed by atoms with Crippen molar-refractivity contribution in [3.8, 4) is 36.0 Å². The lowest BCUT2D eigenvalue weighted by Crippen LogP contribution is -2.35. The molecule has 438 valence electrons. The zero-order valence-corrected chi connectivity index (χ0v) is 52.6. The molecule has 12 heteroatoms. The second-order valence-corrected chi connectivity index (χ2v) is 26.8. The second kappa shape index (κ2) is 29.3. The first-order chi connectivity index (χ1) is 41.6. The van der Waals surface area contributed by atoms with Crippen molar-refractivity contribution in [2.45, 2.75) is 155 Å². The van der Waals surface area contributed by atoms with E-state index in [1.165, 1.54) is 126 Å². The number of aryl methyl sites for hydroxylation is 3. The standard InChI is InChI=1S/C73H77N3O5S4/c1-5-9-12-17-29-52-43-65(82-64(52)46-67-71(79)75(48-68(77)78)72(85-67)60(47-74)73(80)81-40-8-4)69-55(31-19-14-11-7-3)45-66(84-69)70-54(30-18-13-10-6-2)44-63(83-70)53-36-39-62-59(42-53)57-32-24-33-61(57)76(62)56-37-34-49(35-38-56)41-58(50-25-20-15-21-26-50)51-27-22-16-23-28-51/h8,15-16,20-23,25-28,34-39,41-46,57,61H,4-7,9-14,17-19,24,29-33,40,48H2,1-3H3,(H,77,78)/b67-46+,72-60+. The first kappa shape index (κ1) is 61.0. The molecule has 2 unspecified atom stereocenters. The zero-order valence-electron chi connectivity index (χ0n) is 49.3. The Balaban J connectivity index is 1.02. The van der Waals surface area contributed by atoms with Crippen molar-refractivity contribution < 1.29 is 19.4 Å². The van der Waals surface area contributed by atoms with Crippen molar-refractivity contribution in [3.63, 3.8) is 0 Å². The molecule has 4 aromatic carbocycles. The molecule has 0 bridgehead atoms. The molecule has 0 amide bonds. The summed E-state index contributed by atoms with van der Waals surface area (Å²) in [7, 11) is 0. The quantitative estimate of drug-likeness (QED) is 0.0225. The molecule has 1 aliphatic carbocycles. The molecule has 85 heavy (non-hydrogen) atoms. The first-order valence-corrected chi connectivity index (χ1v) is 34.0. The number of carboxylic acids is 1. The molecule has 0 spiro atoms. The topological polar surface area (TPSA) is 113 Å². The highest BCUT2D eigenvalue weighted by atomic mass is 32.1. The van der Waals surface area contributed by atoms with Crippen LogP contribution in [0.2, 0.25) is 0 Å². The minimum atomic E-state index is -1.26. The van der Waals surface area contributed by atoms with Gasteiger partial charge in [0, 0.05) is 52.6 Å². The van der Waals surface area contributed by atoms with Gasteiger partial charge in [-0.15, -0.1) is 45.3 Å². The lowest BCUT2D eigenvalue weighted by Gasteiger charge is -2.27. The highest BCUT2D eigenvalue weighted by Gasteiger charge is 2.42. The number of hydrogen-bond donors (Lipinski definition) is 1. The summed E-state index contributed by atoms with van der Waals surface area (Å²) in [6.07, 6.45) is 25.6. The van der Waals surface area contributed by atoms with Gasteiger partial charge in [-0.1, -0.05) is 176 Å². The van der Waals surface area contributed by atoms with Crippen LogP contribution in [0.25, 0.3) is 53.2 Å². The Kier molecular flexibility index (Phi) is 21.0. The van der Waals surface area contributed by atoms with Gasteiger partial charge in [0.25, 0.3) is 5.56 Å². The van der Waals surface area contributed by atoms with Crippen LogP contribution in [0, 0.1) is 11.3 Å². The number of unbranched alkanes of at least 4 members (excludes halogenated alkanes) is 9. The van der Waals surface area contributed by atoms with Crippen LogP contribution in [0.3, 0.4) is 0 Å². The minimum absolute atomic E-state index is 0.0358. The molecule has 2 atom stereocenters. The molecular formula is C73H77N3O5S4. The van der Waals surface area contributed by atoms with Crippen LogP contribution in [-0.2, 0) is 40.1 Å². The molecule has 2 aliphatic rings. The van der Waals surface area contributed by atoms with Crippen molar-refractivity contribution in [3.05, 3.63) is 197 Å². The molecule has 4 aromatic heterocycles. The summed E-state index contributed by atoms with van der Waals surface area (Å²) in [4.78, 5) is 49.4. The molecule has 0 radical (unpaired) electrons. The number of rotatable bonds is 28. The molecule has 0 saturated heterocycles. The number of ether oxygens (including phenoxy) is 1. The molecule has 1 aliphatic heterocycles. The average molecular weight is 1200 g/mol. The van der Waals surface area contributed by atoms with E-state index in [0.29, 0.717) is 12.0 Å². The molecule has 1 fully saturated rings. The van der Waals surface area contributed by atoms with Crippen LogP contribution in [0.1, 0.15) is 167 Å². The molecule has 8 aromatic rings. The number of aromatic nitrogens is 1. The fraction of sp³-hybridized carbons (Fsp3) is 0.342. The Labute approximate surface area is 517 Å². The Morgan fingerprint density at radius 3 is 1.88 bits per heavy atom. The minimum Gasteiger partial charge on any atom is -0.480 e. The first-order valence-electron chi connectivity index (χ1n) is 30.7. The number of carbonyl (C=O) groups is 2. The van der Waals surface area contributed by atoms with Gasteiger partial charge in [-0.2, -0.15) is 5.26 Å². The van der Waals surface area contributed by atoms with E-state index < -0.39 is 29.6 Å². The van der Waals surface area contributed by atoms with E-state index in [-0.39, 0.29) is 15.8 Å². The van der Waals surface area contributed by atoms with Gasteiger partial charge < -0.3 is 14.7 Å². The molecule has 10 rings (SSSR count). The maximum Gasteiger partial charge on any atom is 0.352 e. The lowest BCUT2D eigenvalue weighted by molar-refractivity contribution is -0.138. The van der Waals surface area contributed by atoms with E-state index in [9.17, 15) is 24.8 Å². The monoisotopic (exact) mass is 1200 g/mol. The maximum absolute atomic E-state index is 14.2. The van der Waals surface area contributed by atoms with Crippen molar-refractivity contribution >= 4 is 92.0 Å². The largest absolute Gasteiger partial charge is 0.480 e. The number of thiophene rings is 3. The smallest absolute Gasteiger partial charge is 0.352 e. The van der Waals surface area contributed by atoms with Crippen molar-refractivity contribution in [1.29, 1.82) is 5.26 Å². The van der Waals surface area contributed by atoms with Gasteiger partial charge in [0.15, 0.2) is 5.57 Å².